The summed E-state index contributed by atoms with van der Waals surface area (Å²) >= 11 is 0. The Morgan fingerprint density at radius 1 is 1.06 bits per heavy atom. The molecule has 3 aliphatic heterocycles. The van der Waals surface area contributed by atoms with E-state index in [-0.39, 0.29) is 25.7 Å². The molecule has 2 aromatic carbocycles. The minimum Gasteiger partial charge on any atom is -0.493 e. The molecule has 1 saturated heterocycles. The lowest BCUT2D eigenvalue weighted by atomic mass is 9.92. The molecule has 184 valence electrons. The molecule has 3 aliphatic rings. The van der Waals surface area contributed by atoms with Crippen LogP contribution < -0.4 is 24.3 Å². The molecule has 10 nitrogen and oxygen atoms in total. The Kier molecular flexibility index (Phi) is 5.66. The van der Waals surface area contributed by atoms with E-state index in [0.717, 1.165) is 21.6 Å². The highest BCUT2D eigenvalue weighted by molar-refractivity contribution is 6.09. The number of methoxy groups -OCH3 is 2. The number of amides is 4. The highest BCUT2D eigenvalue weighted by atomic mass is 16.7. The zero-order chi connectivity index (χ0) is 24.7. The second kappa shape index (κ2) is 8.68. The Hall–Kier alpha value is -3.95. The summed E-state index contributed by atoms with van der Waals surface area (Å²) in [7, 11) is 3.15. The maximum Gasteiger partial charge on any atom is 0.325 e. The smallest absolute Gasteiger partial charge is 0.325 e. The van der Waals surface area contributed by atoms with Crippen molar-refractivity contribution in [1.29, 1.82) is 0 Å². The number of urea groups is 1. The van der Waals surface area contributed by atoms with Crippen LogP contribution in [-0.2, 0) is 29.0 Å². The Balaban J connectivity index is 1.27. The summed E-state index contributed by atoms with van der Waals surface area (Å²) in [5, 5.41) is 2.76. The summed E-state index contributed by atoms with van der Waals surface area (Å²) in [4.78, 5) is 41.7. The maximum absolute atomic E-state index is 13.2. The fraction of sp³-hybridized carbons (Fsp3) is 0.400. The first-order valence-electron chi connectivity index (χ1n) is 11.4. The second-order valence-corrected chi connectivity index (χ2v) is 9.06. The van der Waals surface area contributed by atoms with Gasteiger partial charge in [-0.05, 0) is 54.3 Å². The molecule has 0 spiro atoms. The van der Waals surface area contributed by atoms with Crippen LogP contribution in [0.2, 0.25) is 0 Å². The molecule has 1 atom stereocenters. The third-order valence-corrected chi connectivity index (χ3v) is 6.70. The van der Waals surface area contributed by atoms with Crippen LogP contribution in [-0.4, -0.2) is 67.3 Å². The average molecular weight is 482 g/mol. The molecule has 0 radical (unpaired) electrons. The van der Waals surface area contributed by atoms with Gasteiger partial charge in [-0.1, -0.05) is 6.07 Å². The monoisotopic (exact) mass is 481 g/mol. The van der Waals surface area contributed by atoms with E-state index >= 15 is 0 Å². The number of hydrogen-bond donors (Lipinski definition) is 1. The number of carbonyl (C=O) groups excluding carboxylic acids is 3. The first-order valence-corrected chi connectivity index (χ1v) is 11.4. The van der Waals surface area contributed by atoms with Crippen molar-refractivity contribution < 1.29 is 33.3 Å². The van der Waals surface area contributed by atoms with E-state index in [4.69, 9.17) is 18.9 Å². The van der Waals surface area contributed by atoms with Gasteiger partial charge in [-0.25, -0.2) is 4.79 Å². The number of fused-ring (bicyclic) bond motifs is 2. The van der Waals surface area contributed by atoms with Crippen LogP contribution in [0.25, 0.3) is 0 Å². The zero-order valence-electron chi connectivity index (χ0n) is 19.9. The number of nitrogens with one attached hydrogen (secondary N) is 1. The first kappa shape index (κ1) is 22.8. The molecule has 10 heteroatoms. The van der Waals surface area contributed by atoms with Gasteiger partial charge in [0.1, 0.15) is 12.1 Å². The lowest BCUT2D eigenvalue weighted by Gasteiger charge is -2.30. The third-order valence-electron chi connectivity index (χ3n) is 6.70. The minimum absolute atomic E-state index is 0.156. The van der Waals surface area contributed by atoms with Gasteiger partial charge in [0.25, 0.3) is 5.91 Å². The Labute approximate surface area is 202 Å². The molecule has 0 aliphatic carbocycles. The summed E-state index contributed by atoms with van der Waals surface area (Å²) in [6.45, 7) is 2.36. The molecule has 1 fully saturated rings. The Bertz CT molecular complexity index is 1210. The summed E-state index contributed by atoms with van der Waals surface area (Å²) in [5.41, 5.74) is 1.68. The van der Waals surface area contributed by atoms with E-state index in [1.807, 2.05) is 18.2 Å². The van der Waals surface area contributed by atoms with E-state index < -0.39 is 17.5 Å². The second-order valence-electron chi connectivity index (χ2n) is 9.06. The van der Waals surface area contributed by atoms with Gasteiger partial charge in [0.05, 0.1) is 14.2 Å². The zero-order valence-corrected chi connectivity index (χ0v) is 19.9. The number of rotatable bonds is 6. The lowest BCUT2D eigenvalue weighted by Crippen LogP contribution is -2.47. The molecule has 2 aromatic rings. The van der Waals surface area contributed by atoms with Gasteiger partial charge in [0, 0.05) is 19.5 Å². The van der Waals surface area contributed by atoms with E-state index in [1.165, 1.54) is 0 Å². The van der Waals surface area contributed by atoms with Crippen molar-refractivity contribution in [3.63, 3.8) is 0 Å². The SMILES string of the molecule is COc1cc2c(cc1OC)CN(C(=O)CN1C(=O)NC(C)(Cc3ccc4c(c3)OCO4)C1=O)CC2. The predicted octanol–water partition coefficient (Wildman–Crippen LogP) is 1.87. The van der Waals surface area contributed by atoms with Gasteiger partial charge >= 0.3 is 6.03 Å². The van der Waals surface area contributed by atoms with Gasteiger partial charge in [0.2, 0.25) is 12.7 Å². The quantitative estimate of drug-likeness (QED) is 0.628. The largest absolute Gasteiger partial charge is 0.493 e. The summed E-state index contributed by atoms with van der Waals surface area (Å²) < 4.78 is 21.5. The van der Waals surface area contributed by atoms with Crippen LogP contribution in [0.4, 0.5) is 4.79 Å². The first-order chi connectivity index (χ1) is 16.8. The van der Waals surface area contributed by atoms with Crippen molar-refractivity contribution in [2.45, 2.75) is 31.8 Å². The van der Waals surface area contributed by atoms with Crippen molar-refractivity contribution in [3.05, 3.63) is 47.0 Å². The Morgan fingerprint density at radius 3 is 2.51 bits per heavy atom. The summed E-state index contributed by atoms with van der Waals surface area (Å²) in [6.07, 6.45) is 0.904. The molecule has 4 amide bonds. The molecular weight excluding hydrogens is 454 g/mol. The van der Waals surface area contributed by atoms with Crippen molar-refractivity contribution in [1.82, 2.24) is 15.1 Å². The number of hydrogen-bond acceptors (Lipinski definition) is 7. The number of ether oxygens (including phenoxy) is 4. The van der Waals surface area contributed by atoms with Crippen LogP contribution in [0.1, 0.15) is 23.6 Å². The maximum atomic E-state index is 13.2. The molecule has 3 heterocycles. The fourth-order valence-electron chi connectivity index (χ4n) is 4.80. The Morgan fingerprint density at radius 2 is 1.77 bits per heavy atom. The van der Waals surface area contributed by atoms with Crippen LogP contribution >= 0.6 is 0 Å². The predicted molar refractivity (Wildman–Crippen MR) is 124 cm³/mol. The fourth-order valence-corrected chi connectivity index (χ4v) is 4.80. The normalized spacial score (nSPS) is 20.5. The van der Waals surface area contributed by atoms with Gasteiger partial charge in [-0.15, -0.1) is 0 Å². The molecular formula is C25H27N3O7. The van der Waals surface area contributed by atoms with Crippen LogP contribution in [0.15, 0.2) is 30.3 Å². The van der Waals surface area contributed by atoms with E-state index in [1.54, 1.807) is 38.2 Å². The van der Waals surface area contributed by atoms with Gasteiger partial charge in [-0.2, -0.15) is 0 Å². The number of nitrogens with zero attached hydrogens (tertiary/aromatic N) is 2. The van der Waals surface area contributed by atoms with E-state index in [9.17, 15) is 14.4 Å². The standard InChI is InChI=1S/C25H27N3O7/c1-25(11-15-4-5-18-21(8-15)35-14-34-18)23(30)28(24(31)26-25)13-22(29)27-7-6-16-9-19(32-2)20(33-3)10-17(16)12-27/h4-5,8-10H,6-7,11-14H2,1-3H3,(H,26,31). The summed E-state index contributed by atoms with van der Waals surface area (Å²) in [5.74, 6) is 1.77. The minimum atomic E-state index is -1.16. The molecule has 1 unspecified atom stereocenters. The van der Waals surface area contributed by atoms with Crippen LogP contribution in [0, 0.1) is 0 Å². The van der Waals surface area contributed by atoms with Crippen molar-refractivity contribution >= 4 is 17.8 Å². The molecule has 35 heavy (non-hydrogen) atoms. The van der Waals surface area contributed by atoms with E-state index in [0.29, 0.717) is 42.5 Å². The third kappa shape index (κ3) is 4.09. The molecule has 1 N–H and O–H groups in total. The highest BCUT2D eigenvalue weighted by Gasteiger charge is 2.48. The van der Waals surface area contributed by atoms with Crippen LogP contribution in [0.5, 0.6) is 23.0 Å². The molecule has 5 rings (SSSR count). The average Bonchev–Trinajstić information content (AvgIpc) is 3.40. The van der Waals surface area contributed by atoms with Crippen molar-refractivity contribution in [2.24, 2.45) is 0 Å². The van der Waals surface area contributed by atoms with Gasteiger partial charge in [-0.3, -0.25) is 14.5 Å². The molecule has 0 bridgehead atoms. The molecule has 0 aromatic heterocycles. The van der Waals surface area contributed by atoms with Gasteiger partial charge < -0.3 is 29.2 Å². The van der Waals surface area contributed by atoms with Crippen molar-refractivity contribution in [2.75, 3.05) is 34.1 Å². The number of imide groups is 1. The number of benzene rings is 2. The summed E-state index contributed by atoms with van der Waals surface area (Å²) in [6, 6.07) is 8.63. The van der Waals surface area contributed by atoms with Crippen molar-refractivity contribution in [3.8, 4) is 23.0 Å². The number of carbonyl (C=O) groups is 3. The molecule has 0 saturated carbocycles. The van der Waals surface area contributed by atoms with Gasteiger partial charge in [0.15, 0.2) is 23.0 Å². The highest BCUT2D eigenvalue weighted by Crippen LogP contribution is 2.35. The topological polar surface area (TPSA) is 107 Å². The van der Waals surface area contributed by atoms with Crippen LogP contribution in [0.3, 0.4) is 0 Å². The lowest BCUT2D eigenvalue weighted by molar-refractivity contribution is -0.139. The van der Waals surface area contributed by atoms with E-state index in [2.05, 4.69) is 5.32 Å².